The van der Waals surface area contributed by atoms with Gasteiger partial charge in [-0.25, -0.2) is 8.42 Å². The molecule has 1 aliphatic rings. The first-order valence-electron chi connectivity index (χ1n) is 10.6. The maximum Gasteiger partial charge on any atom is 0.246 e. The lowest BCUT2D eigenvalue weighted by atomic mass is 10.0. The van der Waals surface area contributed by atoms with Crippen molar-refractivity contribution in [2.45, 2.75) is 43.5 Å². The van der Waals surface area contributed by atoms with Crippen molar-refractivity contribution >= 4 is 27.5 Å². The van der Waals surface area contributed by atoms with Gasteiger partial charge in [0.05, 0.1) is 19.6 Å². The third-order valence-electron chi connectivity index (χ3n) is 5.35. The Kier molecular flexibility index (Phi) is 7.87. The molecule has 1 atom stereocenters. The van der Waals surface area contributed by atoms with Crippen LogP contribution in [0.25, 0.3) is 0 Å². The van der Waals surface area contributed by atoms with Crippen molar-refractivity contribution in [1.29, 1.82) is 0 Å². The number of carbonyl (C=O) groups is 2. The Balaban J connectivity index is 1.80. The summed E-state index contributed by atoms with van der Waals surface area (Å²) in [6.07, 6.45) is 2.66. The lowest BCUT2D eigenvalue weighted by molar-refractivity contribution is -0.120. The van der Waals surface area contributed by atoms with Crippen LogP contribution in [-0.4, -0.2) is 44.7 Å². The molecule has 0 aromatic heterocycles. The second kappa shape index (κ2) is 10.6. The number of carbonyl (C=O) groups excluding carboxylic acids is 2. The standard InChI is InChI=1S/C23H29N3O5S/c1-17(27)24-20(18-9-5-3-6-10-18)16-23(28)25-19-11-12-21(31-2)22(15-19)32(29,30)26-13-7-4-8-14-26/h3,5-6,9-12,15,20H,4,7-8,13-14,16H2,1-2H3,(H,24,27)(H,25,28)/t20-/m1/s1. The monoisotopic (exact) mass is 459 g/mol. The molecule has 3 rings (SSSR count). The van der Waals surface area contributed by atoms with Crippen molar-refractivity contribution in [2.24, 2.45) is 0 Å². The van der Waals surface area contributed by atoms with Crippen LogP contribution in [0.5, 0.6) is 5.75 Å². The summed E-state index contributed by atoms with van der Waals surface area (Å²) < 4.78 is 33.1. The predicted molar refractivity (Wildman–Crippen MR) is 122 cm³/mol. The van der Waals surface area contributed by atoms with Crippen molar-refractivity contribution < 1.29 is 22.7 Å². The number of methoxy groups -OCH3 is 1. The fraction of sp³-hybridized carbons (Fsp3) is 0.391. The third kappa shape index (κ3) is 5.86. The van der Waals surface area contributed by atoms with E-state index in [1.165, 1.54) is 30.5 Å². The van der Waals surface area contributed by atoms with E-state index in [2.05, 4.69) is 10.6 Å². The largest absolute Gasteiger partial charge is 0.495 e. The van der Waals surface area contributed by atoms with Gasteiger partial charge in [0.15, 0.2) is 0 Å². The molecule has 2 N–H and O–H groups in total. The van der Waals surface area contributed by atoms with Crippen molar-refractivity contribution in [3.05, 3.63) is 54.1 Å². The minimum absolute atomic E-state index is 0.00380. The second-order valence-electron chi connectivity index (χ2n) is 7.75. The Morgan fingerprint density at radius 3 is 2.38 bits per heavy atom. The number of nitrogens with one attached hydrogen (secondary N) is 2. The quantitative estimate of drug-likeness (QED) is 0.631. The maximum absolute atomic E-state index is 13.2. The highest BCUT2D eigenvalue weighted by atomic mass is 32.2. The Labute approximate surface area is 189 Å². The van der Waals surface area contributed by atoms with Gasteiger partial charge < -0.3 is 15.4 Å². The van der Waals surface area contributed by atoms with E-state index in [0.29, 0.717) is 18.8 Å². The zero-order valence-electron chi connectivity index (χ0n) is 18.3. The van der Waals surface area contributed by atoms with Crippen molar-refractivity contribution in [1.82, 2.24) is 9.62 Å². The SMILES string of the molecule is COc1ccc(NC(=O)C[C@@H](NC(C)=O)c2ccccc2)cc1S(=O)(=O)N1CCCCC1. The Hall–Kier alpha value is -2.91. The first-order chi connectivity index (χ1) is 15.3. The first-order valence-corrected chi connectivity index (χ1v) is 12.1. The van der Waals surface area contributed by atoms with Gasteiger partial charge in [0, 0.05) is 25.7 Å². The van der Waals surface area contributed by atoms with Gasteiger partial charge in [0.2, 0.25) is 21.8 Å². The molecular weight excluding hydrogens is 430 g/mol. The molecule has 1 saturated heterocycles. The summed E-state index contributed by atoms with van der Waals surface area (Å²) in [5, 5.41) is 5.54. The third-order valence-corrected chi connectivity index (χ3v) is 7.27. The number of benzene rings is 2. The number of amides is 2. The van der Waals surface area contributed by atoms with Crippen LogP contribution in [-0.2, 0) is 19.6 Å². The summed E-state index contributed by atoms with van der Waals surface area (Å²) in [5.41, 5.74) is 1.15. The molecule has 1 aliphatic heterocycles. The number of rotatable bonds is 8. The minimum Gasteiger partial charge on any atom is -0.495 e. The fourth-order valence-electron chi connectivity index (χ4n) is 3.78. The number of hydrogen-bond donors (Lipinski definition) is 2. The van der Waals surface area contributed by atoms with Crippen LogP contribution in [0, 0.1) is 0 Å². The van der Waals surface area contributed by atoms with Gasteiger partial charge in [-0.1, -0.05) is 36.8 Å². The molecule has 1 heterocycles. The maximum atomic E-state index is 13.2. The normalized spacial score (nSPS) is 15.6. The first kappa shape index (κ1) is 23.7. The van der Waals surface area contributed by atoms with Gasteiger partial charge in [-0.2, -0.15) is 4.31 Å². The minimum atomic E-state index is -3.74. The molecule has 0 unspecified atom stereocenters. The van der Waals surface area contributed by atoms with Crippen LogP contribution < -0.4 is 15.4 Å². The molecule has 9 heteroatoms. The summed E-state index contributed by atoms with van der Waals surface area (Å²) in [4.78, 5) is 24.4. The molecule has 0 aliphatic carbocycles. The lowest BCUT2D eigenvalue weighted by Gasteiger charge is -2.26. The topological polar surface area (TPSA) is 105 Å². The van der Waals surface area contributed by atoms with E-state index in [1.807, 2.05) is 30.3 Å². The van der Waals surface area contributed by atoms with Gasteiger partial charge in [-0.05, 0) is 36.6 Å². The van der Waals surface area contributed by atoms with Crippen molar-refractivity contribution in [3.8, 4) is 5.75 Å². The Morgan fingerprint density at radius 1 is 1.06 bits per heavy atom. The fourth-order valence-corrected chi connectivity index (χ4v) is 5.48. The van der Waals surface area contributed by atoms with Crippen LogP contribution >= 0.6 is 0 Å². The van der Waals surface area contributed by atoms with E-state index < -0.39 is 16.1 Å². The van der Waals surface area contributed by atoms with Gasteiger partial charge in [0.25, 0.3) is 0 Å². The van der Waals surface area contributed by atoms with Crippen LogP contribution in [0.3, 0.4) is 0 Å². The molecule has 8 nitrogen and oxygen atoms in total. The summed E-state index contributed by atoms with van der Waals surface area (Å²) >= 11 is 0. The number of anilines is 1. The molecule has 0 saturated carbocycles. The van der Waals surface area contributed by atoms with Gasteiger partial charge in [0.1, 0.15) is 10.6 Å². The zero-order valence-corrected chi connectivity index (χ0v) is 19.2. The van der Waals surface area contributed by atoms with Gasteiger partial charge in [-0.3, -0.25) is 9.59 Å². The highest BCUT2D eigenvalue weighted by Gasteiger charge is 2.29. The van der Waals surface area contributed by atoms with Crippen molar-refractivity contribution in [3.63, 3.8) is 0 Å². The smallest absolute Gasteiger partial charge is 0.246 e. The average molecular weight is 460 g/mol. The van der Waals surface area contributed by atoms with E-state index >= 15 is 0 Å². The highest BCUT2D eigenvalue weighted by molar-refractivity contribution is 7.89. The average Bonchev–Trinajstić information content (AvgIpc) is 2.79. The molecule has 1 fully saturated rings. The molecule has 32 heavy (non-hydrogen) atoms. The predicted octanol–water partition coefficient (Wildman–Crippen LogP) is 3.08. The number of hydrogen-bond acceptors (Lipinski definition) is 5. The van der Waals surface area contributed by atoms with Gasteiger partial charge >= 0.3 is 0 Å². The molecule has 2 aromatic carbocycles. The molecule has 0 spiro atoms. The molecule has 2 amide bonds. The summed E-state index contributed by atoms with van der Waals surface area (Å²) in [5.74, 6) is -0.362. The highest BCUT2D eigenvalue weighted by Crippen LogP contribution is 2.31. The van der Waals surface area contributed by atoms with Crippen LogP contribution in [0.4, 0.5) is 5.69 Å². The molecular formula is C23H29N3O5S. The zero-order chi connectivity index (χ0) is 23.1. The number of ether oxygens (including phenoxy) is 1. The van der Waals surface area contributed by atoms with E-state index in [-0.39, 0.29) is 28.9 Å². The van der Waals surface area contributed by atoms with Crippen molar-refractivity contribution in [2.75, 3.05) is 25.5 Å². The summed E-state index contributed by atoms with van der Waals surface area (Å²) in [6.45, 7) is 2.34. The Morgan fingerprint density at radius 2 is 1.75 bits per heavy atom. The van der Waals surface area contributed by atoms with Crippen LogP contribution in [0.15, 0.2) is 53.4 Å². The van der Waals surface area contributed by atoms with E-state index in [4.69, 9.17) is 4.74 Å². The van der Waals surface area contributed by atoms with Crippen LogP contribution in [0.2, 0.25) is 0 Å². The number of nitrogens with zero attached hydrogens (tertiary/aromatic N) is 1. The second-order valence-corrected chi connectivity index (χ2v) is 9.65. The molecule has 0 bridgehead atoms. The molecule has 172 valence electrons. The lowest BCUT2D eigenvalue weighted by Crippen LogP contribution is -2.35. The Bertz CT molecular complexity index is 1050. The van der Waals surface area contributed by atoms with E-state index in [0.717, 1.165) is 24.8 Å². The molecule has 0 radical (unpaired) electrons. The summed E-state index contributed by atoms with van der Waals surface area (Å²) in [7, 11) is -2.33. The molecule has 2 aromatic rings. The van der Waals surface area contributed by atoms with E-state index in [9.17, 15) is 18.0 Å². The van der Waals surface area contributed by atoms with Gasteiger partial charge in [-0.15, -0.1) is 0 Å². The number of sulfonamides is 1. The van der Waals surface area contributed by atoms with E-state index in [1.54, 1.807) is 6.07 Å². The summed E-state index contributed by atoms with van der Waals surface area (Å²) in [6, 6.07) is 13.3. The number of piperidine rings is 1. The van der Waals surface area contributed by atoms with Crippen LogP contribution in [0.1, 0.15) is 44.2 Å².